The van der Waals surface area contributed by atoms with Crippen LogP contribution in [-0.2, 0) is 0 Å². The summed E-state index contributed by atoms with van der Waals surface area (Å²) in [7, 11) is 0. The minimum absolute atomic E-state index is 0.822. The Kier molecular flexibility index (Phi) is 5.26. The molecule has 0 aliphatic carbocycles. The zero-order chi connectivity index (χ0) is 8.69. The van der Waals surface area contributed by atoms with Gasteiger partial charge in [0, 0.05) is 5.69 Å². The molecular formula is C10H16N. The second-order valence-corrected chi connectivity index (χ2v) is 2.91. The van der Waals surface area contributed by atoms with E-state index in [0.717, 1.165) is 5.69 Å². The highest BCUT2D eigenvalue weighted by Crippen LogP contribution is 1.95. The summed E-state index contributed by atoms with van der Waals surface area (Å²) in [5, 5.41) is 0. The molecule has 1 rings (SSSR count). The van der Waals surface area contributed by atoms with Gasteiger partial charge in [-0.3, -0.25) is 0 Å². The maximum absolute atomic E-state index is 5.36. The summed E-state index contributed by atoms with van der Waals surface area (Å²) in [6.07, 6.45) is 0. The molecule has 0 saturated heterocycles. The van der Waals surface area contributed by atoms with Crippen LogP contribution < -0.4 is 5.73 Å². The number of nitrogens with two attached hydrogens (primary N) is 1. The monoisotopic (exact) mass is 150 g/mol. The number of rotatable bonds is 0. The summed E-state index contributed by atoms with van der Waals surface area (Å²) in [4.78, 5) is 0. The van der Waals surface area contributed by atoms with Crippen LogP contribution >= 0.6 is 0 Å². The van der Waals surface area contributed by atoms with Crippen molar-refractivity contribution in [3.8, 4) is 0 Å². The maximum atomic E-state index is 5.36. The number of hydrogen-bond acceptors (Lipinski definition) is 1. The average molecular weight is 150 g/mol. The van der Waals surface area contributed by atoms with E-state index < -0.39 is 0 Å². The third-order valence-corrected chi connectivity index (χ3v) is 0.800. The summed E-state index contributed by atoms with van der Waals surface area (Å²) in [6, 6.07) is 9.49. The lowest BCUT2D eigenvalue weighted by Crippen LogP contribution is -1.79. The van der Waals surface area contributed by atoms with Crippen LogP contribution in [0.3, 0.4) is 0 Å². The van der Waals surface area contributed by atoms with Crippen molar-refractivity contribution < 1.29 is 0 Å². The third-order valence-electron chi connectivity index (χ3n) is 0.800. The maximum Gasteiger partial charge on any atom is 0.0313 e. The molecule has 0 unspecified atom stereocenters. The molecule has 0 aromatic heterocycles. The Hall–Kier alpha value is -0.980. The highest BCUT2D eigenvalue weighted by Gasteiger charge is 1.72. The molecule has 0 saturated carbocycles. The molecule has 0 aliphatic rings. The van der Waals surface area contributed by atoms with Gasteiger partial charge in [0.25, 0.3) is 0 Å². The minimum atomic E-state index is 0.822. The first-order valence-corrected chi connectivity index (χ1v) is 3.70. The van der Waals surface area contributed by atoms with Crippen LogP contribution in [0.4, 0.5) is 5.69 Å². The molecule has 1 aromatic carbocycles. The van der Waals surface area contributed by atoms with Crippen LogP contribution in [0.2, 0.25) is 0 Å². The van der Waals surface area contributed by atoms with E-state index in [2.05, 4.69) is 20.8 Å². The number of hydrogen-bond donors (Lipinski definition) is 1. The summed E-state index contributed by atoms with van der Waals surface area (Å²) < 4.78 is 0. The zero-order valence-electron chi connectivity index (χ0n) is 7.46. The first-order chi connectivity index (χ1) is 5.13. The lowest BCUT2D eigenvalue weighted by molar-refractivity contribution is 1.10. The molecule has 0 atom stereocenters. The standard InChI is InChI=1S/C6H7N.C4H9/c7-6-4-2-1-3-5-6;1-4(2)3/h1-5H,7H2;1-3H3. The van der Waals surface area contributed by atoms with Gasteiger partial charge in [-0.05, 0) is 18.1 Å². The second kappa shape index (κ2) is 5.78. The normalized spacial score (nSPS) is 8.73. The van der Waals surface area contributed by atoms with E-state index in [1.54, 1.807) is 0 Å². The van der Waals surface area contributed by atoms with Crippen molar-refractivity contribution in [2.45, 2.75) is 20.8 Å². The first-order valence-electron chi connectivity index (χ1n) is 3.70. The molecule has 2 N–H and O–H groups in total. The van der Waals surface area contributed by atoms with E-state index in [-0.39, 0.29) is 0 Å². The van der Waals surface area contributed by atoms with Crippen molar-refractivity contribution >= 4 is 5.69 Å². The van der Waals surface area contributed by atoms with Gasteiger partial charge < -0.3 is 5.73 Å². The average Bonchev–Trinajstić information content (AvgIpc) is 1.87. The van der Waals surface area contributed by atoms with E-state index >= 15 is 0 Å². The highest BCUT2D eigenvalue weighted by atomic mass is 14.5. The molecule has 1 radical (unpaired) electrons. The number of benzene rings is 1. The van der Waals surface area contributed by atoms with E-state index in [0.29, 0.717) is 0 Å². The van der Waals surface area contributed by atoms with Crippen molar-refractivity contribution in [3.63, 3.8) is 0 Å². The van der Waals surface area contributed by atoms with Gasteiger partial charge in [0.05, 0.1) is 0 Å². The van der Waals surface area contributed by atoms with Crippen LogP contribution in [0, 0.1) is 5.92 Å². The predicted octanol–water partition coefficient (Wildman–Crippen LogP) is 2.89. The molecule has 61 valence electrons. The molecule has 1 nitrogen and oxygen atoms in total. The fraction of sp³-hybridized carbons (Fsp3) is 0.300. The Labute approximate surface area is 69.2 Å². The van der Waals surface area contributed by atoms with Gasteiger partial charge in [0.1, 0.15) is 0 Å². The van der Waals surface area contributed by atoms with Crippen LogP contribution in [0.5, 0.6) is 0 Å². The molecule has 1 aromatic rings. The van der Waals surface area contributed by atoms with E-state index in [1.807, 2.05) is 30.3 Å². The molecule has 0 amide bonds. The summed E-state index contributed by atoms with van der Waals surface area (Å²) >= 11 is 0. The summed E-state index contributed by atoms with van der Waals surface area (Å²) in [5.74, 6) is 1.42. The van der Waals surface area contributed by atoms with Crippen molar-refractivity contribution in [1.29, 1.82) is 0 Å². The van der Waals surface area contributed by atoms with Gasteiger partial charge in [0.15, 0.2) is 0 Å². The quantitative estimate of drug-likeness (QED) is 0.565. The third kappa shape index (κ3) is 9.02. The van der Waals surface area contributed by atoms with E-state index in [1.165, 1.54) is 5.92 Å². The molecule has 11 heavy (non-hydrogen) atoms. The molecule has 0 bridgehead atoms. The van der Waals surface area contributed by atoms with Crippen LogP contribution in [0.25, 0.3) is 0 Å². The molecule has 0 heterocycles. The van der Waals surface area contributed by atoms with Crippen molar-refractivity contribution in [3.05, 3.63) is 36.2 Å². The first kappa shape index (κ1) is 10.0. The largest absolute Gasteiger partial charge is 0.399 e. The minimum Gasteiger partial charge on any atom is -0.399 e. The number of nitrogen functional groups attached to an aromatic ring is 1. The zero-order valence-corrected chi connectivity index (χ0v) is 7.46. The van der Waals surface area contributed by atoms with E-state index in [4.69, 9.17) is 5.73 Å². The fourth-order valence-electron chi connectivity index (χ4n) is 0.453. The topological polar surface area (TPSA) is 26.0 Å². The summed E-state index contributed by atoms with van der Waals surface area (Å²) in [5.41, 5.74) is 6.18. The molecular weight excluding hydrogens is 134 g/mol. The summed E-state index contributed by atoms with van der Waals surface area (Å²) in [6.45, 7) is 6.25. The second-order valence-electron chi connectivity index (χ2n) is 2.91. The number of anilines is 1. The fourth-order valence-corrected chi connectivity index (χ4v) is 0.453. The van der Waals surface area contributed by atoms with Gasteiger partial charge in [-0.15, -0.1) is 0 Å². The Morgan fingerprint density at radius 3 is 1.55 bits per heavy atom. The Morgan fingerprint density at radius 2 is 1.36 bits per heavy atom. The van der Waals surface area contributed by atoms with Crippen LogP contribution in [0.1, 0.15) is 20.8 Å². The highest BCUT2D eigenvalue weighted by molar-refractivity contribution is 5.35. The van der Waals surface area contributed by atoms with E-state index in [9.17, 15) is 0 Å². The van der Waals surface area contributed by atoms with Crippen LogP contribution in [-0.4, -0.2) is 0 Å². The van der Waals surface area contributed by atoms with Crippen molar-refractivity contribution in [2.24, 2.45) is 0 Å². The van der Waals surface area contributed by atoms with Gasteiger partial charge in [-0.25, -0.2) is 0 Å². The Balaban J connectivity index is 0.000000218. The molecule has 0 spiro atoms. The predicted molar refractivity (Wildman–Crippen MR) is 51.1 cm³/mol. The molecule has 0 fully saturated rings. The van der Waals surface area contributed by atoms with Crippen molar-refractivity contribution in [2.75, 3.05) is 5.73 Å². The lowest BCUT2D eigenvalue weighted by Gasteiger charge is -1.83. The van der Waals surface area contributed by atoms with Gasteiger partial charge in [-0.2, -0.15) is 0 Å². The Bertz CT molecular complexity index is 165. The molecule has 1 heteroatoms. The lowest BCUT2D eigenvalue weighted by atomic mass is 10.3. The Morgan fingerprint density at radius 1 is 1.00 bits per heavy atom. The van der Waals surface area contributed by atoms with Gasteiger partial charge in [-0.1, -0.05) is 39.0 Å². The SMILES string of the molecule is C[C](C)C.Nc1ccccc1. The molecule has 0 aliphatic heterocycles. The van der Waals surface area contributed by atoms with Gasteiger partial charge >= 0.3 is 0 Å². The smallest absolute Gasteiger partial charge is 0.0313 e. The number of para-hydroxylation sites is 1. The van der Waals surface area contributed by atoms with Gasteiger partial charge in [0.2, 0.25) is 0 Å². The van der Waals surface area contributed by atoms with Crippen LogP contribution in [0.15, 0.2) is 30.3 Å². The van der Waals surface area contributed by atoms with Crippen molar-refractivity contribution in [1.82, 2.24) is 0 Å².